The lowest BCUT2D eigenvalue weighted by Crippen LogP contribution is -2.50. The zero-order valence-electron chi connectivity index (χ0n) is 17.9. The van der Waals surface area contributed by atoms with Gasteiger partial charge >= 0.3 is 6.18 Å². The van der Waals surface area contributed by atoms with Crippen molar-refractivity contribution >= 4 is 33.4 Å². The third-order valence-corrected chi connectivity index (χ3v) is 7.84. The molecule has 0 bridgehead atoms. The number of aromatic nitrogens is 5. The number of sulfonamides is 1. The maximum atomic E-state index is 14.9. The highest BCUT2D eigenvalue weighted by atomic mass is 32.2. The highest BCUT2D eigenvalue weighted by Crippen LogP contribution is 2.38. The number of anilines is 1. The standard InChI is InChI=1S/C18H18F4N8O3S2/c1-29-7-9(5-25-29)35(32,33)30-3-2-12(11(19)8-30)26-17-24-6-10(18(20,21)22)15(27-17)14-4-13(16(23)31)28-34-14/h4-7,11-12H,2-3,8H2,1H3,(H2,23,31)(H,24,26,27)/t11-,12+/m1/s1. The summed E-state index contributed by atoms with van der Waals surface area (Å²) in [6.07, 6.45) is -3.49. The van der Waals surface area contributed by atoms with Crippen molar-refractivity contribution in [2.24, 2.45) is 12.8 Å². The van der Waals surface area contributed by atoms with Gasteiger partial charge in [-0.15, -0.1) is 0 Å². The van der Waals surface area contributed by atoms with Gasteiger partial charge in [0.2, 0.25) is 16.0 Å². The van der Waals surface area contributed by atoms with Crippen LogP contribution in [0.25, 0.3) is 10.6 Å². The van der Waals surface area contributed by atoms with Gasteiger partial charge < -0.3 is 11.1 Å². The Labute approximate surface area is 200 Å². The number of nitrogens with zero attached hydrogens (tertiary/aromatic N) is 6. The first-order chi connectivity index (χ1) is 16.4. The van der Waals surface area contributed by atoms with E-state index in [1.54, 1.807) is 7.05 Å². The second-order valence-electron chi connectivity index (χ2n) is 7.66. The molecule has 1 saturated heterocycles. The lowest BCUT2D eigenvalue weighted by Gasteiger charge is -2.34. The summed E-state index contributed by atoms with van der Waals surface area (Å²) in [6, 6.07) is 0.122. The van der Waals surface area contributed by atoms with Crippen LogP contribution in [-0.4, -0.2) is 68.1 Å². The fraction of sp³-hybridized carbons (Fsp3) is 0.389. The number of primary amides is 1. The Morgan fingerprint density at radius 1 is 1.31 bits per heavy atom. The molecule has 3 N–H and O–H groups in total. The Kier molecular flexibility index (Phi) is 6.50. The van der Waals surface area contributed by atoms with Crippen molar-refractivity contribution in [3.05, 3.63) is 35.9 Å². The van der Waals surface area contributed by atoms with Gasteiger partial charge in [0.1, 0.15) is 22.3 Å². The first kappa shape index (κ1) is 24.9. The topological polar surface area (TPSA) is 149 Å². The smallest absolute Gasteiger partial charge is 0.364 e. The molecule has 0 aromatic carbocycles. The van der Waals surface area contributed by atoms with Crippen molar-refractivity contribution in [1.29, 1.82) is 0 Å². The molecule has 4 heterocycles. The lowest BCUT2D eigenvalue weighted by molar-refractivity contribution is -0.137. The van der Waals surface area contributed by atoms with E-state index in [2.05, 4.69) is 24.8 Å². The molecule has 2 atom stereocenters. The molecule has 0 aliphatic carbocycles. The number of rotatable bonds is 6. The van der Waals surface area contributed by atoms with Crippen molar-refractivity contribution in [3.63, 3.8) is 0 Å². The minimum Gasteiger partial charge on any atom is -0.364 e. The van der Waals surface area contributed by atoms with E-state index in [4.69, 9.17) is 5.73 Å². The fourth-order valence-electron chi connectivity index (χ4n) is 3.45. The van der Waals surface area contributed by atoms with Crippen molar-refractivity contribution < 1.29 is 30.8 Å². The van der Waals surface area contributed by atoms with Crippen LogP contribution in [0.2, 0.25) is 0 Å². The normalized spacial score (nSPS) is 19.6. The minimum absolute atomic E-state index is 0.00670. The quantitative estimate of drug-likeness (QED) is 0.454. The number of alkyl halides is 4. The van der Waals surface area contributed by atoms with E-state index < -0.39 is 52.1 Å². The van der Waals surface area contributed by atoms with Crippen LogP contribution in [0.1, 0.15) is 22.5 Å². The first-order valence-corrected chi connectivity index (χ1v) is 12.2. The Balaban J connectivity index is 1.55. The molecule has 3 aromatic rings. The summed E-state index contributed by atoms with van der Waals surface area (Å²) < 4.78 is 86.9. The Morgan fingerprint density at radius 2 is 2.06 bits per heavy atom. The molecule has 35 heavy (non-hydrogen) atoms. The third kappa shape index (κ3) is 5.10. The van der Waals surface area contributed by atoms with Crippen LogP contribution in [0.5, 0.6) is 0 Å². The largest absolute Gasteiger partial charge is 0.420 e. The number of amides is 1. The van der Waals surface area contributed by atoms with E-state index in [0.29, 0.717) is 17.7 Å². The summed E-state index contributed by atoms with van der Waals surface area (Å²) in [6.45, 7) is -0.515. The summed E-state index contributed by atoms with van der Waals surface area (Å²) in [4.78, 5) is 18.7. The monoisotopic (exact) mass is 534 g/mol. The van der Waals surface area contributed by atoms with Gasteiger partial charge in [0, 0.05) is 32.5 Å². The maximum Gasteiger partial charge on any atom is 0.420 e. The number of hydrogen-bond donors (Lipinski definition) is 2. The zero-order chi connectivity index (χ0) is 25.5. The second-order valence-corrected chi connectivity index (χ2v) is 10.4. The van der Waals surface area contributed by atoms with Gasteiger partial charge in [0.25, 0.3) is 5.91 Å². The zero-order valence-corrected chi connectivity index (χ0v) is 19.5. The summed E-state index contributed by atoms with van der Waals surface area (Å²) >= 11 is 0.596. The summed E-state index contributed by atoms with van der Waals surface area (Å²) in [5.41, 5.74) is 3.18. The summed E-state index contributed by atoms with van der Waals surface area (Å²) in [5, 5.41) is 6.47. The molecule has 1 amide bonds. The van der Waals surface area contributed by atoms with Crippen LogP contribution >= 0.6 is 11.5 Å². The van der Waals surface area contributed by atoms with Crippen molar-refractivity contribution in [1.82, 2.24) is 28.4 Å². The summed E-state index contributed by atoms with van der Waals surface area (Å²) in [7, 11) is -2.41. The SMILES string of the molecule is Cn1cc(S(=O)(=O)N2CC[C@H](Nc3ncc(C(F)(F)F)c(-c4cc(C(N)=O)ns4)n3)[C@H](F)C2)cn1. The molecule has 11 nitrogen and oxygen atoms in total. The van der Waals surface area contributed by atoms with Gasteiger partial charge in [-0.25, -0.2) is 22.8 Å². The number of carbonyl (C=O) groups is 1. The van der Waals surface area contributed by atoms with Crippen LogP contribution < -0.4 is 11.1 Å². The second kappa shape index (κ2) is 9.12. The van der Waals surface area contributed by atoms with Crippen LogP contribution in [-0.2, 0) is 23.2 Å². The Bertz CT molecular complexity index is 1360. The number of carbonyl (C=O) groups excluding carboxylic acids is 1. The van der Waals surface area contributed by atoms with E-state index in [9.17, 15) is 30.8 Å². The molecule has 3 aromatic heterocycles. The van der Waals surface area contributed by atoms with Gasteiger partial charge in [-0.1, -0.05) is 0 Å². The van der Waals surface area contributed by atoms with Crippen LogP contribution in [0.4, 0.5) is 23.5 Å². The average molecular weight is 535 g/mol. The molecule has 0 saturated carbocycles. The molecule has 17 heteroatoms. The van der Waals surface area contributed by atoms with Gasteiger partial charge in [-0.2, -0.15) is 26.9 Å². The fourth-order valence-corrected chi connectivity index (χ4v) is 5.65. The Morgan fingerprint density at radius 3 is 2.63 bits per heavy atom. The van der Waals surface area contributed by atoms with Gasteiger partial charge in [-0.05, 0) is 24.0 Å². The van der Waals surface area contributed by atoms with Gasteiger partial charge in [0.05, 0.1) is 22.8 Å². The van der Waals surface area contributed by atoms with E-state index in [1.165, 1.54) is 10.9 Å². The van der Waals surface area contributed by atoms with Gasteiger partial charge in [-0.3, -0.25) is 9.48 Å². The number of nitrogens with one attached hydrogen (secondary N) is 1. The molecule has 0 unspecified atom stereocenters. The Hall–Kier alpha value is -3.18. The predicted molar refractivity (Wildman–Crippen MR) is 116 cm³/mol. The van der Waals surface area contributed by atoms with Crippen molar-refractivity contribution in [3.8, 4) is 10.6 Å². The molecule has 188 valence electrons. The maximum absolute atomic E-state index is 14.9. The molecule has 0 spiro atoms. The van der Waals surface area contributed by atoms with Crippen molar-refractivity contribution in [2.75, 3.05) is 18.4 Å². The van der Waals surface area contributed by atoms with Crippen LogP contribution in [0.3, 0.4) is 0 Å². The molecule has 1 fully saturated rings. The highest BCUT2D eigenvalue weighted by molar-refractivity contribution is 7.89. The number of halogens is 4. The number of hydrogen-bond acceptors (Lipinski definition) is 9. The molecular weight excluding hydrogens is 516 g/mol. The number of aryl methyl sites for hydroxylation is 1. The lowest BCUT2D eigenvalue weighted by atomic mass is 10.1. The van der Waals surface area contributed by atoms with E-state index >= 15 is 0 Å². The van der Waals surface area contributed by atoms with Crippen LogP contribution in [0.15, 0.2) is 29.6 Å². The van der Waals surface area contributed by atoms with E-state index in [-0.39, 0.29) is 34.4 Å². The molecule has 0 radical (unpaired) electrons. The molecule has 1 aliphatic heterocycles. The molecular formula is C18H18F4N8O3S2. The average Bonchev–Trinajstić information content (AvgIpc) is 3.44. The number of piperidine rings is 1. The van der Waals surface area contributed by atoms with Crippen molar-refractivity contribution in [2.45, 2.75) is 29.7 Å². The van der Waals surface area contributed by atoms with E-state index in [1.807, 2.05) is 0 Å². The van der Waals surface area contributed by atoms with Gasteiger partial charge in [0.15, 0.2) is 0 Å². The number of nitrogens with two attached hydrogens (primary N) is 1. The molecule has 1 aliphatic rings. The highest BCUT2D eigenvalue weighted by Gasteiger charge is 2.38. The summed E-state index contributed by atoms with van der Waals surface area (Å²) in [5.74, 6) is -1.21. The first-order valence-electron chi connectivity index (χ1n) is 9.97. The van der Waals surface area contributed by atoms with E-state index in [0.717, 1.165) is 16.6 Å². The predicted octanol–water partition coefficient (Wildman–Crippen LogP) is 1.66. The minimum atomic E-state index is -4.81. The molecule has 4 rings (SSSR count). The van der Waals surface area contributed by atoms with Crippen LogP contribution in [0, 0.1) is 0 Å². The third-order valence-electron chi connectivity index (χ3n) is 5.23.